The summed E-state index contributed by atoms with van der Waals surface area (Å²) >= 11 is 0. The quantitative estimate of drug-likeness (QED) is 0.372. The van der Waals surface area contributed by atoms with E-state index in [1.807, 2.05) is 33.8 Å². The van der Waals surface area contributed by atoms with Crippen molar-refractivity contribution in [2.75, 3.05) is 19.8 Å². The first-order chi connectivity index (χ1) is 18.9. The van der Waals surface area contributed by atoms with Gasteiger partial charge in [0.25, 0.3) is 0 Å². The molecule has 2 unspecified atom stereocenters. The van der Waals surface area contributed by atoms with Gasteiger partial charge in [-0.05, 0) is 68.4 Å². The van der Waals surface area contributed by atoms with Crippen LogP contribution in [0, 0.1) is 34.5 Å². The molecule has 4 aliphatic rings. The van der Waals surface area contributed by atoms with Gasteiger partial charge in [-0.3, -0.25) is 9.59 Å². The first kappa shape index (κ1) is 30.3. The molecular weight excluding hydrogens is 516 g/mol. The minimum Gasteiger partial charge on any atom is -0.434 e. The Kier molecular flexibility index (Phi) is 8.83. The molecule has 1 N–H and O–H groups in total. The molecule has 9 nitrogen and oxygen atoms in total. The second-order valence-electron chi connectivity index (χ2n) is 12.6. The molecule has 4 aliphatic carbocycles. The van der Waals surface area contributed by atoms with Crippen LogP contribution in [-0.2, 0) is 28.5 Å². The van der Waals surface area contributed by atoms with Crippen LogP contribution in [0.25, 0.3) is 0 Å². The minimum absolute atomic E-state index is 0.0340. The van der Waals surface area contributed by atoms with Crippen molar-refractivity contribution in [2.45, 2.75) is 91.3 Å². The van der Waals surface area contributed by atoms with E-state index in [0.717, 1.165) is 24.8 Å². The average molecular weight is 561 g/mol. The molecule has 222 valence electrons. The molecule has 3 saturated carbocycles. The summed E-state index contributed by atoms with van der Waals surface area (Å²) in [5, 5.41) is 11.7. The van der Waals surface area contributed by atoms with Crippen molar-refractivity contribution in [2.24, 2.45) is 34.5 Å². The molecular formula is C31H44O9. The predicted octanol–water partition coefficient (Wildman–Crippen LogP) is 5.34. The number of carbonyl (C=O) groups excluding carboxylic acids is 4. The number of fused-ring (bicyclic) bond motifs is 5. The Labute approximate surface area is 236 Å². The zero-order valence-electron chi connectivity index (χ0n) is 24.4. The smallest absolute Gasteiger partial charge is 0.434 e. The number of ketones is 2. The fourth-order valence-electron chi connectivity index (χ4n) is 7.96. The number of rotatable bonds is 9. The van der Waals surface area contributed by atoms with Gasteiger partial charge in [0.15, 0.2) is 18.0 Å². The van der Waals surface area contributed by atoms with E-state index < -0.39 is 47.2 Å². The van der Waals surface area contributed by atoms with Crippen molar-refractivity contribution in [3.05, 3.63) is 23.8 Å². The third kappa shape index (κ3) is 5.21. The van der Waals surface area contributed by atoms with Crippen LogP contribution in [0.5, 0.6) is 0 Å². The molecule has 0 saturated heterocycles. The minimum atomic E-state index is -1.63. The van der Waals surface area contributed by atoms with Gasteiger partial charge in [-0.2, -0.15) is 0 Å². The third-order valence-corrected chi connectivity index (χ3v) is 10.3. The molecule has 4 rings (SSSR count). The third-order valence-electron chi connectivity index (χ3n) is 10.3. The van der Waals surface area contributed by atoms with Crippen LogP contribution in [-0.4, -0.2) is 60.5 Å². The second kappa shape index (κ2) is 11.7. The lowest BCUT2D eigenvalue weighted by molar-refractivity contribution is -0.184. The van der Waals surface area contributed by atoms with Crippen molar-refractivity contribution in [1.29, 1.82) is 0 Å². The van der Waals surface area contributed by atoms with E-state index in [2.05, 4.69) is 6.92 Å². The SMILES string of the molecule is CCCOC(=O)OCC(=O)[C@@]1(OC(=O)OCC(C)CC)CC[C@H]2[C@@H]3CCC4=CC(=O)C=C[C@]4(C)[C@H]3C(O)C[C@@]21C. The Bertz CT molecular complexity index is 1080. The maximum Gasteiger partial charge on any atom is 0.509 e. The molecule has 40 heavy (non-hydrogen) atoms. The first-order valence-corrected chi connectivity index (χ1v) is 14.7. The summed E-state index contributed by atoms with van der Waals surface area (Å²) in [7, 11) is 0. The molecule has 0 spiro atoms. The molecule has 0 aliphatic heterocycles. The highest BCUT2D eigenvalue weighted by atomic mass is 16.7. The maximum absolute atomic E-state index is 13.9. The van der Waals surface area contributed by atoms with Gasteiger partial charge in [0.2, 0.25) is 5.78 Å². The molecule has 3 fully saturated rings. The molecule has 0 bridgehead atoms. The average Bonchev–Trinajstić information content (AvgIpc) is 3.21. The molecule has 0 heterocycles. The summed E-state index contributed by atoms with van der Waals surface area (Å²) in [6, 6.07) is 0. The fraction of sp³-hybridized carbons (Fsp3) is 0.742. The molecule has 8 atom stereocenters. The molecule has 0 aromatic heterocycles. The van der Waals surface area contributed by atoms with Crippen LogP contribution in [0.2, 0.25) is 0 Å². The molecule has 0 aromatic rings. The topological polar surface area (TPSA) is 125 Å². The number of hydrogen-bond donors (Lipinski definition) is 1. The molecule has 0 aromatic carbocycles. The zero-order valence-corrected chi connectivity index (χ0v) is 24.4. The largest absolute Gasteiger partial charge is 0.509 e. The second-order valence-corrected chi connectivity index (χ2v) is 12.6. The number of aliphatic hydroxyl groups is 1. The summed E-state index contributed by atoms with van der Waals surface area (Å²) < 4.78 is 21.5. The van der Waals surface area contributed by atoms with Gasteiger partial charge >= 0.3 is 12.3 Å². The van der Waals surface area contributed by atoms with E-state index in [9.17, 15) is 24.3 Å². The molecule has 0 amide bonds. The van der Waals surface area contributed by atoms with Crippen molar-refractivity contribution in [3.63, 3.8) is 0 Å². The first-order valence-electron chi connectivity index (χ1n) is 14.7. The Balaban J connectivity index is 1.64. The maximum atomic E-state index is 13.9. The van der Waals surface area contributed by atoms with Crippen LogP contribution in [0.15, 0.2) is 23.8 Å². The van der Waals surface area contributed by atoms with Gasteiger partial charge < -0.3 is 24.1 Å². The lowest BCUT2D eigenvalue weighted by Gasteiger charge is -2.59. The summed E-state index contributed by atoms with van der Waals surface area (Å²) in [5.74, 6) is -0.586. The van der Waals surface area contributed by atoms with E-state index in [1.54, 1.807) is 12.2 Å². The van der Waals surface area contributed by atoms with Crippen LogP contribution < -0.4 is 0 Å². The van der Waals surface area contributed by atoms with E-state index >= 15 is 0 Å². The number of carbonyl (C=O) groups is 4. The fourth-order valence-corrected chi connectivity index (χ4v) is 7.96. The highest BCUT2D eigenvalue weighted by Gasteiger charge is 2.70. The lowest BCUT2D eigenvalue weighted by Crippen LogP contribution is -2.63. The van der Waals surface area contributed by atoms with Crippen LogP contribution in [0.4, 0.5) is 9.59 Å². The summed E-state index contributed by atoms with van der Waals surface area (Å²) in [5.41, 5.74) is -1.97. The van der Waals surface area contributed by atoms with Crippen molar-refractivity contribution < 1.29 is 43.2 Å². The van der Waals surface area contributed by atoms with Gasteiger partial charge in [0, 0.05) is 16.7 Å². The summed E-state index contributed by atoms with van der Waals surface area (Å²) in [4.78, 5) is 51.1. The highest BCUT2D eigenvalue weighted by molar-refractivity contribution is 6.01. The van der Waals surface area contributed by atoms with Crippen LogP contribution >= 0.6 is 0 Å². The Hall–Kier alpha value is -2.68. The number of ether oxygens (including phenoxy) is 4. The Morgan fingerprint density at radius 3 is 2.55 bits per heavy atom. The van der Waals surface area contributed by atoms with Crippen molar-refractivity contribution in [1.82, 2.24) is 0 Å². The number of aliphatic hydroxyl groups excluding tert-OH is 1. The summed E-state index contributed by atoms with van der Waals surface area (Å²) in [6.07, 6.45) is 6.48. The number of Topliss-reactive ketones (excluding diaryl/α,β-unsaturated/α-hetero) is 1. The molecule has 0 radical (unpaired) electrons. The van der Waals surface area contributed by atoms with Crippen LogP contribution in [0.3, 0.4) is 0 Å². The monoisotopic (exact) mass is 560 g/mol. The Morgan fingerprint density at radius 1 is 1.10 bits per heavy atom. The zero-order chi connectivity index (χ0) is 29.3. The molecule has 9 heteroatoms. The standard InChI is InChI=1S/C31H44O9/c1-6-14-37-27(35)39-18-25(34)31(40-28(36)38-17-19(3)7-2)13-11-23-22-9-8-20-15-21(32)10-12-29(20,4)26(22)24(33)16-30(23,31)5/h10,12,15,19,22-24,26,33H,6-9,11,13-14,16-18H2,1-5H3/t19?,22-,23-,24?,26+,29-,30-,31-/m0/s1. The van der Waals surface area contributed by atoms with Gasteiger partial charge in [-0.15, -0.1) is 0 Å². The van der Waals surface area contributed by atoms with E-state index in [0.29, 0.717) is 12.8 Å². The van der Waals surface area contributed by atoms with E-state index in [-0.39, 0.29) is 55.5 Å². The number of hydrogen-bond acceptors (Lipinski definition) is 9. The summed E-state index contributed by atoms with van der Waals surface area (Å²) in [6.45, 7) is 9.50. The van der Waals surface area contributed by atoms with Crippen molar-refractivity contribution >= 4 is 23.9 Å². The van der Waals surface area contributed by atoms with Gasteiger partial charge in [-0.25, -0.2) is 9.59 Å². The van der Waals surface area contributed by atoms with E-state index in [4.69, 9.17) is 18.9 Å². The number of allylic oxidation sites excluding steroid dienone is 4. The van der Waals surface area contributed by atoms with Gasteiger partial charge in [0.1, 0.15) is 0 Å². The van der Waals surface area contributed by atoms with Crippen molar-refractivity contribution in [3.8, 4) is 0 Å². The van der Waals surface area contributed by atoms with E-state index in [1.165, 1.54) is 0 Å². The lowest BCUT2D eigenvalue weighted by atomic mass is 9.46. The Morgan fingerprint density at radius 2 is 1.85 bits per heavy atom. The van der Waals surface area contributed by atoms with Gasteiger partial charge in [0.05, 0.1) is 19.3 Å². The predicted molar refractivity (Wildman–Crippen MR) is 145 cm³/mol. The van der Waals surface area contributed by atoms with Crippen LogP contribution in [0.1, 0.15) is 79.6 Å². The highest BCUT2D eigenvalue weighted by Crippen LogP contribution is 2.68. The van der Waals surface area contributed by atoms with Gasteiger partial charge in [-0.1, -0.05) is 52.7 Å². The normalized spacial score (nSPS) is 36.9.